The Hall–Kier alpha value is -0.340. The molecule has 0 unspecified atom stereocenters. The first-order valence-corrected chi connectivity index (χ1v) is 5.94. The third-order valence-corrected chi connectivity index (χ3v) is 3.61. The average Bonchev–Trinajstić information content (AvgIpc) is 2.14. The van der Waals surface area contributed by atoms with Gasteiger partial charge < -0.3 is 5.11 Å². The van der Waals surface area contributed by atoms with E-state index in [0.29, 0.717) is 0 Å². The molecular weight excluding hydrogens is 240 g/mol. The highest BCUT2D eigenvalue weighted by molar-refractivity contribution is 9.10. The monoisotopic (exact) mass is 254 g/mol. The van der Waals surface area contributed by atoms with E-state index in [1.807, 2.05) is 0 Å². The molecule has 76 valence electrons. The van der Waals surface area contributed by atoms with Crippen LogP contribution in [0.3, 0.4) is 0 Å². The lowest BCUT2D eigenvalue weighted by Gasteiger charge is -2.36. The zero-order valence-corrected chi connectivity index (χ0v) is 9.76. The zero-order valence-electron chi connectivity index (χ0n) is 8.17. The first-order valence-electron chi connectivity index (χ1n) is 5.15. The summed E-state index contributed by atoms with van der Waals surface area (Å²) in [6.45, 7) is 0. The summed E-state index contributed by atoms with van der Waals surface area (Å²) in [7, 11) is 0. The number of rotatable bonds is 3. The zero-order chi connectivity index (χ0) is 10.0. The maximum atomic E-state index is 9.92. The maximum absolute atomic E-state index is 9.92. The van der Waals surface area contributed by atoms with E-state index in [1.165, 1.54) is 12.0 Å². The molecule has 1 aromatic rings. The maximum Gasteiger partial charge on any atom is 0.0651 e. The summed E-state index contributed by atoms with van der Waals surface area (Å²) in [6, 6.07) is 8.35. The van der Waals surface area contributed by atoms with Gasteiger partial charge in [0.2, 0.25) is 0 Å². The van der Waals surface area contributed by atoms with Gasteiger partial charge in [-0.1, -0.05) is 28.1 Å². The fourth-order valence-electron chi connectivity index (χ4n) is 1.86. The van der Waals surface area contributed by atoms with Crippen LogP contribution in [0.15, 0.2) is 28.7 Å². The summed E-state index contributed by atoms with van der Waals surface area (Å²) < 4.78 is 1.11. The summed E-state index contributed by atoms with van der Waals surface area (Å²) in [5.74, 6) is 0. The van der Waals surface area contributed by atoms with Crippen molar-refractivity contribution < 1.29 is 5.11 Å². The molecule has 1 N–H and O–H groups in total. The fraction of sp³-hybridized carbons (Fsp3) is 0.500. The predicted molar refractivity (Wildman–Crippen MR) is 61.3 cm³/mol. The Morgan fingerprint density at radius 1 is 1.21 bits per heavy atom. The molecule has 1 aliphatic rings. The summed E-state index contributed by atoms with van der Waals surface area (Å²) in [4.78, 5) is 0. The molecule has 1 fully saturated rings. The second-order valence-electron chi connectivity index (χ2n) is 4.20. The Morgan fingerprint density at radius 2 is 1.86 bits per heavy atom. The molecule has 0 atom stereocenters. The first kappa shape index (κ1) is 10.2. The summed E-state index contributed by atoms with van der Waals surface area (Å²) in [5, 5.41) is 9.92. The van der Waals surface area contributed by atoms with Gasteiger partial charge in [0.1, 0.15) is 0 Å². The normalized spacial score (nSPS) is 19.0. The van der Waals surface area contributed by atoms with E-state index < -0.39 is 0 Å². The number of hydrogen-bond donors (Lipinski definition) is 1. The largest absolute Gasteiger partial charge is 0.390 e. The van der Waals surface area contributed by atoms with Crippen LogP contribution in [-0.4, -0.2) is 10.7 Å². The van der Waals surface area contributed by atoms with Crippen molar-refractivity contribution in [2.75, 3.05) is 0 Å². The number of benzene rings is 1. The smallest absolute Gasteiger partial charge is 0.0651 e. The number of aliphatic hydroxyl groups is 1. The van der Waals surface area contributed by atoms with E-state index in [4.69, 9.17) is 0 Å². The third kappa shape index (κ3) is 2.37. The van der Waals surface area contributed by atoms with Crippen molar-refractivity contribution in [1.29, 1.82) is 0 Å². The van der Waals surface area contributed by atoms with E-state index in [0.717, 1.165) is 30.2 Å². The summed E-state index contributed by atoms with van der Waals surface area (Å²) >= 11 is 3.41. The van der Waals surface area contributed by atoms with Crippen LogP contribution in [-0.2, 0) is 6.42 Å². The van der Waals surface area contributed by atoms with Crippen LogP contribution in [0.2, 0.25) is 0 Å². The van der Waals surface area contributed by atoms with Crippen molar-refractivity contribution >= 4 is 15.9 Å². The molecule has 14 heavy (non-hydrogen) atoms. The summed E-state index contributed by atoms with van der Waals surface area (Å²) in [5.41, 5.74) is 0.973. The Bertz CT molecular complexity index is 301. The minimum atomic E-state index is -0.340. The molecule has 0 aromatic heterocycles. The van der Waals surface area contributed by atoms with Gasteiger partial charge in [-0.25, -0.2) is 0 Å². The third-order valence-electron chi connectivity index (χ3n) is 3.08. The van der Waals surface area contributed by atoms with Crippen LogP contribution >= 0.6 is 15.9 Å². The minimum absolute atomic E-state index is 0.340. The van der Waals surface area contributed by atoms with Gasteiger partial charge >= 0.3 is 0 Å². The minimum Gasteiger partial charge on any atom is -0.390 e. The van der Waals surface area contributed by atoms with Crippen molar-refractivity contribution in [3.8, 4) is 0 Å². The van der Waals surface area contributed by atoms with Crippen molar-refractivity contribution in [2.45, 2.75) is 37.7 Å². The number of aryl methyl sites for hydroxylation is 1. The quantitative estimate of drug-likeness (QED) is 0.878. The number of hydrogen-bond acceptors (Lipinski definition) is 1. The van der Waals surface area contributed by atoms with Crippen LogP contribution in [0, 0.1) is 0 Å². The number of halogens is 1. The predicted octanol–water partition coefficient (Wildman–Crippen LogP) is 3.30. The van der Waals surface area contributed by atoms with Gasteiger partial charge in [0.05, 0.1) is 5.60 Å². The Labute approximate surface area is 93.3 Å². The standard InChI is InChI=1S/C12H15BrO/c13-11-4-2-10(3-5-11)6-9-12(14)7-1-8-12/h2-5,14H,1,6-9H2. The average molecular weight is 255 g/mol. The molecule has 0 spiro atoms. The lowest BCUT2D eigenvalue weighted by Crippen LogP contribution is -2.36. The van der Waals surface area contributed by atoms with Gasteiger partial charge in [-0.2, -0.15) is 0 Å². The lowest BCUT2D eigenvalue weighted by atomic mass is 9.76. The molecule has 0 saturated heterocycles. The molecule has 0 bridgehead atoms. The first-order chi connectivity index (χ1) is 6.68. The molecule has 2 heteroatoms. The van der Waals surface area contributed by atoms with Crippen LogP contribution in [0.25, 0.3) is 0 Å². The van der Waals surface area contributed by atoms with Crippen LogP contribution in [0.5, 0.6) is 0 Å². The SMILES string of the molecule is OC1(CCc2ccc(Br)cc2)CCC1. The highest BCUT2D eigenvalue weighted by atomic mass is 79.9. The van der Waals surface area contributed by atoms with Crippen molar-refractivity contribution in [1.82, 2.24) is 0 Å². The molecule has 1 aromatic carbocycles. The molecule has 0 heterocycles. The van der Waals surface area contributed by atoms with E-state index >= 15 is 0 Å². The Kier molecular flexibility index (Phi) is 2.93. The Morgan fingerprint density at radius 3 is 2.36 bits per heavy atom. The molecule has 0 amide bonds. The fourth-order valence-corrected chi connectivity index (χ4v) is 2.13. The van der Waals surface area contributed by atoms with Crippen molar-refractivity contribution in [2.24, 2.45) is 0 Å². The Balaban J connectivity index is 1.88. The molecule has 1 nitrogen and oxygen atoms in total. The topological polar surface area (TPSA) is 20.2 Å². The van der Waals surface area contributed by atoms with E-state index in [1.54, 1.807) is 0 Å². The van der Waals surface area contributed by atoms with Gasteiger partial charge in [-0.05, 0) is 49.8 Å². The molecule has 1 saturated carbocycles. The molecular formula is C12H15BrO. The molecule has 2 rings (SSSR count). The highest BCUT2D eigenvalue weighted by Gasteiger charge is 2.33. The van der Waals surface area contributed by atoms with Crippen molar-refractivity contribution in [3.63, 3.8) is 0 Å². The van der Waals surface area contributed by atoms with Gasteiger partial charge in [-0.15, -0.1) is 0 Å². The van der Waals surface area contributed by atoms with Gasteiger partial charge in [0, 0.05) is 4.47 Å². The second-order valence-corrected chi connectivity index (χ2v) is 5.12. The van der Waals surface area contributed by atoms with E-state index in [9.17, 15) is 5.11 Å². The molecule has 0 radical (unpaired) electrons. The van der Waals surface area contributed by atoms with Crippen LogP contribution < -0.4 is 0 Å². The summed E-state index contributed by atoms with van der Waals surface area (Å²) in [6.07, 6.45) is 5.07. The van der Waals surface area contributed by atoms with Gasteiger partial charge in [-0.3, -0.25) is 0 Å². The van der Waals surface area contributed by atoms with E-state index in [-0.39, 0.29) is 5.60 Å². The van der Waals surface area contributed by atoms with Gasteiger partial charge in [0.15, 0.2) is 0 Å². The highest BCUT2D eigenvalue weighted by Crippen LogP contribution is 2.35. The molecule has 0 aliphatic heterocycles. The van der Waals surface area contributed by atoms with E-state index in [2.05, 4.69) is 40.2 Å². The lowest BCUT2D eigenvalue weighted by molar-refractivity contribution is -0.0397. The van der Waals surface area contributed by atoms with Crippen molar-refractivity contribution in [3.05, 3.63) is 34.3 Å². The van der Waals surface area contributed by atoms with Gasteiger partial charge in [0.25, 0.3) is 0 Å². The van der Waals surface area contributed by atoms with Crippen LogP contribution in [0.1, 0.15) is 31.2 Å². The van der Waals surface area contributed by atoms with Crippen LogP contribution in [0.4, 0.5) is 0 Å². The molecule has 1 aliphatic carbocycles. The second kappa shape index (κ2) is 4.03.